The Morgan fingerprint density at radius 2 is 2.00 bits per heavy atom. The zero-order valence-corrected chi connectivity index (χ0v) is 12.0. The first kappa shape index (κ1) is 16.5. The maximum absolute atomic E-state index is 12.6. The highest BCUT2D eigenvalue weighted by atomic mass is 19.4. The molecule has 7 heteroatoms. The number of rotatable bonds is 4. The molecule has 0 aliphatic carbocycles. The van der Waals surface area contributed by atoms with Crippen LogP contribution in [0.5, 0.6) is 11.6 Å². The number of hydrogen-bond acceptors (Lipinski definition) is 3. The first-order valence-corrected chi connectivity index (χ1v) is 6.48. The third kappa shape index (κ3) is 4.57. The van der Waals surface area contributed by atoms with Gasteiger partial charge < -0.3 is 9.84 Å². The van der Waals surface area contributed by atoms with Gasteiger partial charge in [0.15, 0.2) is 0 Å². The van der Waals surface area contributed by atoms with Gasteiger partial charge in [-0.1, -0.05) is 6.07 Å². The molecule has 0 fully saturated rings. The zero-order chi connectivity index (χ0) is 17.0. The number of carboxylic acids is 1. The molecule has 0 atom stereocenters. The number of ether oxygens (including phenoxy) is 1. The highest BCUT2D eigenvalue weighted by molar-refractivity contribution is 5.91. The Morgan fingerprint density at radius 3 is 2.57 bits per heavy atom. The van der Waals surface area contributed by atoms with Crippen LogP contribution in [-0.2, 0) is 11.0 Å². The lowest BCUT2D eigenvalue weighted by atomic mass is 10.2. The predicted molar refractivity (Wildman–Crippen MR) is 77.0 cm³/mol. The van der Waals surface area contributed by atoms with E-state index >= 15 is 0 Å². The molecule has 0 aliphatic rings. The van der Waals surface area contributed by atoms with Gasteiger partial charge in [0.05, 0.1) is 5.56 Å². The second-order valence-electron chi connectivity index (χ2n) is 4.69. The van der Waals surface area contributed by atoms with Gasteiger partial charge in [0, 0.05) is 17.8 Å². The third-order valence-corrected chi connectivity index (χ3v) is 2.86. The van der Waals surface area contributed by atoms with Crippen LogP contribution >= 0.6 is 0 Å². The summed E-state index contributed by atoms with van der Waals surface area (Å²) in [7, 11) is 0. The molecule has 0 unspecified atom stereocenters. The average Bonchev–Trinajstić information content (AvgIpc) is 2.48. The van der Waals surface area contributed by atoms with Gasteiger partial charge in [-0.15, -0.1) is 0 Å². The topological polar surface area (TPSA) is 59.4 Å². The minimum Gasteiger partial charge on any atom is -0.478 e. The minimum atomic E-state index is -4.45. The molecule has 2 aromatic rings. The Labute approximate surface area is 129 Å². The van der Waals surface area contributed by atoms with Crippen LogP contribution in [0.25, 0.3) is 6.08 Å². The molecule has 1 aromatic heterocycles. The maximum atomic E-state index is 12.6. The van der Waals surface area contributed by atoms with Gasteiger partial charge in [0.1, 0.15) is 5.75 Å². The normalized spacial score (nSPS) is 12.1. The molecule has 0 bridgehead atoms. The summed E-state index contributed by atoms with van der Waals surface area (Å²) >= 11 is 0. The summed E-state index contributed by atoms with van der Waals surface area (Å²) in [6.07, 6.45) is -1.66. The second-order valence-corrected chi connectivity index (χ2v) is 4.69. The van der Waals surface area contributed by atoms with Crippen molar-refractivity contribution in [3.8, 4) is 11.6 Å². The number of alkyl halides is 3. The number of hydrogen-bond donors (Lipinski definition) is 1. The standard InChI is InChI=1S/C16H12F3NO3/c1-10(15(21)22)7-11-5-6-14(20-9-11)23-13-4-2-3-12(8-13)16(17,18)19/h2-9H,1H3,(H,21,22)/b10-7+. The van der Waals surface area contributed by atoms with Crippen molar-refractivity contribution in [2.24, 2.45) is 0 Å². The molecule has 0 aliphatic heterocycles. The van der Waals surface area contributed by atoms with Crippen molar-refractivity contribution in [3.05, 3.63) is 59.3 Å². The van der Waals surface area contributed by atoms with Gasteiger partial charge in [0.25, 0.3) is 0 Å². The third-order valence-electron chi connectivity index (χ3n) is 2.86. The number of carboxylic acid groups (broad SMARTS) is 1. The van der Waals surface area contributed by atoms with Crippen molar-refractivity contribution < 1.29 is 27.8 Å². The first-order chi connectivity index (χ1) is 10.8. The largest absolute Gasteiger partial charge is 0.478 e. The van der Waals surface area contributed by atoms with E-state index < -0.39 is 17.7 Å². The summed E-state index contributed by atoms with van der Waals surface area (Å²) in [6.45, 7) is 1.44. The van der Waals surface area contributed by atoms with Gasteiger partial charge in [-0.3, -0.25) is 0 Å². The van der Waals surface area contributed by atoms with E-state index in [1.807, 2.05) is 0 Å². The maximum Gasteiger partial charge on any atom is 0.416 e. The number of halogens is 3. The highest BCUT2D eigenvalue weighted by Gasteiger charge is 2.30. The van der Waals surface area contributed by atoms with Crippen LogP contribution in [0.4, 0.5) is 13.2 Å². The minimum absolute atomic E-state index is 0.0114. The molecule has 120 valence electrons. The van der Waals surface area contributed by atoms with Crippen LogP contribution in [0.2, 0.25) is 0 Å². The Bertz CT molecular complexity index is 737. The lowest BCUT2D eigenvalue weighted by Gasteiger charge is -2.09. The molecular weight excluding hydrogens is 311 g/mol. The highest BCUT2D eigenvalue weighted by Crippen LogP contribution is 2.32. The van der Waals surface area contributed by atoms with E-state index in [9.17, 15) is 18.0 Å². The summed E-state index contributed by atoms with van der Waals surface area (Å²) < 4.78 is 43.1. The molecular formula is C16H12F3NO3. The van der Waals surface area contributed by atoms with Crippen LogP contribution in [0.1, 0.15) is 18.1 Å². The molecule has 1 N–H and O–H groups in total. The van der Waals surface area contributed by atoms with Crippen molar-refractivity contribution in [1.29, 1.82) is 0 Å². The lowest BCUT2D eigenvalue weighted by Crippen LogP contribution is -2.04. The SMILES string of the molecule is C/C(=C\c1ccc(Oc2cccc(C(F)(F)F)c2)nc1)C(=O)O. The summed E-state index contributed by atoms with van der Waals surface area (Å²) in [5, 5.41) is 8.78. The van der Waals surface area contributed by atoms with E-state index in [1.54, 1.807) is 6.07 Å². The summed E-state index contributed by atoms with van der Waals surface area (Å²) in [4.78, 5) is 14.7. The van der Waals surface area contributed by atoms with Crippen molar-refractivity contribution in [2.75, 3.05) is 0 Å². The average molecular weight is 323 g/mol. The van der Waals surface area contributed by atoms with Crippen LogP contribution < -0.4 is 4.74 Å². The summed E-state index contributed by atoms with van der Waals surface area (Å²) in [6, 6.07) is 7.46. The number of pyridine rings is 1. The number of aliphatic carboxylic acids is 1. The number of nitrogens with zero attached hydrogens (tertiary/aromatic N) is 1. The Hall–Kier alpha value is -2.83. The van der Waals surface area contributed by atoms with Crippen LogP contribution in [0, 0.1) is 0 Å². The molecule has 0 spiro atoms. The van der Waals surface area contributed by atoms with Gasteiger partial charge in [-0.2, -0.15) is 13.2 Å². The van der Waals surface area contributed by atoms with E-state index in [1.165, 1.54) is 37.4 Å². The van der Waals surface area contributed by atoms with E-state index in [4.69, 9.17) is 9.84 Å². The van der Waals surface area contributed by atoms with Crippen LogP contribution in [-0.4, -0.2) is 16.1 Å². The molecule has 0 saturated carbocycles. The fourth-order valence-electron chi connectivity index (χ4n) is 1.71. The second kappa shape index (κ2) is 6.51. The van der Waals surface area contributed by atoms with Crippen molar-refractivity contribution in [3.63, 3.8) is 0 Å². The van der Waals surface area contributed by atoms with Gasteiger partial charge in [-0.25, -0.2) is 9.78 Å². The van der Waals surface area contributed by atoms with Crippen molar-refractivity contribution >= 4 is 12.0 Å². The Balaban J connectivity index is 2.16. The lowest BCUT2D eigenvalue weighted by molar-refractivity contribution is -0.137. The van der Waals surface area contributed by atoms with Crippen molar-refractivity contribution in [2.45, 2.75) is 13.1 Å². The van der Waals surface area contributed by atoms with Gasteiger partial charge in [0.2, 0.25) is 5.88 Å². The molecule has 0 saturated heterocycles. The molecule has 4 nitrogen and oxygen atoms in total. The van der Waals surface area contributed by atoms with E-state index in [0.717, 1.165) is 12.1 Å². The zero-order valence-electron chi connectivity index (χ0n) is 12.0. The number of aromatic nitrogens is 1. The molecule has 23 heavy (non-hydrogen) atoms. The quantitative estimate of drug-likeness (QED) is 0.848. The fourth-order valence-corrected chi connectivity index (χ4v) is 1.71. The van der Waals surface area contributed by atoms with Gasteiger partial charge in [-0.05, 0) is 42.8 Å². The molecule has 2 rings (SSSR count). The summed E-state index contributed by atoms with van der Waals surface area (Å²) in [5.41, 5.74) is -0.133. The van der Waals surface area contributed by atoms with Crippen LogP contribution in [0.15, 0.2) is 48.2 Å². The van der Waals surface area contributed by atoms with Gasteiger partial charge >= 0.3 is 12.1 Å². The predicted octanol–water partition coefficient (Wildman–Crippen LogP) is 4.38. The fraction of sp³-hybridized carbons (Fsp3) is 0.125. The molecule has 0 radical (unpaired) electrons. The smallest absolute Gasteiger partial charge is 0.416 e. The molecule has 1 heterocycles. The molecule has 1 aromatic carbocycles. The van der Waals surface area contributed by atoms with E-state index in [2.05, 4.69) is 4.98 Å². The Kier molecular flexibility index (Phi) is 4.68. The first-order valence-electron chi connectivity index (χ1n) is 6.48. The van der Waals surface area contributed by atoms with E-state index in [0.29, 0.717) is 5.56 Å². The van der Waals surface area contributed by atoms with E-state index in [-0.39, 0.29) is 17.2 Å². The van der Waals surface area contributed by atoms with Crippen molar-refractivity contribution in [1.82, 2.24) is 4.98 Å². The summed E-state index contributed by atoms with van der Waals surface area (Å²) in [5.74, 6) is -0.930. The number of benzene rings is 1. The molecule has 0 amide bonds. The number of carbonyl (C=O) groups is 1. The monoisotopic (exact) mass is 323 g/mol. The Morgan fingerprint density at radius 1 is 1.26 bits per heavy atom. The van der Waals surface area contributed by atoms with Crippen LogP contribution in [0.3, 0.4) is 0 Å².